The Morgan fingerprint density at radius 1 is 0.810 bits per heavy atom. The highest BCUT2D eigenvalue weighted by Crippen LogP contribution is 2.09. The van der Waals surface area contributed by atoms with Gasteiger partial charge in [-0.1, -0.05) is 78.1 Å². The number of rotatable bonds is 13. The lowest BCUT2D eigenvalue weighted by atomic mass is 10.1. The van der Waals surface area contributed by atoms with Crippen LogP contribution in [0.4, 0.5) is 4.79 Å². The van der Waals surface area contributed by atoms with Gasteiger partial charge in [0.25, 0.3) is 0 Å². The van der Waals surface area contributed by atoms with Crippen LogP contribution >= 0.6 is 11.6 Å². The van der Waals surface area contributed by atoms with Crippen LogP contribution in [-0.4, -0.2) is 23.7 Å². The van der Waals surface area contributed by atoms with Gasteiger partial charge in [0.15, 0.2) is 0 Å². The Labute approximate surface area is 136 Å². The van der Waals surface area contributed by atoms with Gasteiger partial charge in [-0.05, 0) is 12.8 Å². The molecule has 0 atom stereocenters. The number of halogens is 1. The van der Waals surface area contributed by atoms with Crippen LogP contribution in [0.3, 0.4) is 0 Å². The first-order chi connectivity index (χ1) is 10.2. The standard InChI is InChI=1S/C12H24O3.C5H11Cl/c1-2-3-4-5-6-7-8-9-10-11-15-12(13)14;1-2-3-4-5-6/h2-11H2,1H3,(H,13,14);2-5H2,1H3. The molecule has 0 fully saturated rings. The molecule has 0 spiro atoms. The zero-order valence-corrected chi connectivity index (χ0v) is 14.8. The van der Waals surface area contributed by atoms with Crippen molar-refractivity contribution in [3.63, 3.8) is 0 Å². The molecule has 128 valence electrons. The van der Waals surface area contributed by atoms with Crippen molar-refractivity contribution in [2.75, 3.05) is 12.5 Å². The second kappa shape index (κ2) is 21.9. The summed E-state index contributed by atoms with van der Waals surface area (Å²) < 4.78 is 4.42. The lowest BCUT2D eigenvalue weighted by Crippen LogP contribution is -2.01. The third kappa shape index (κ3) is 28.5. The largest absolute Gasteiger partial charge is 0.505 e. The maximum atomic E-state index is 10.0. The van der Waals surface area contributed by atoms with E-state index in [1.54, 1.807) is 0 Å². The predicted molar refractivity (Wildman–Crippen MR) is 91.4 cm³/mol. The van der Waals surface area contributed by atoms with Gasteiger partial charge in [-0.15, -0.1) is 11.6 Å². The molecule has 0 unspecified atom stereocenters. The van der Waals surface area contributed by atoms with Gasteiger partial charge in [-0.2, -0.15) is 0 Å². The molecule has 0 aromatic carbocycles. The number of alkyl halides is 1. The van der Waals surface area contributed by atoms with Crippen molar-refractivity contribution < 1.29 is 14.6 Å². The van der Waals surface area contributed by atoms with Crippen molar-refractivity contribution in [2.45, 2.75) is 90.9 Å². The maximum absolute atomic E-state index is 10.0. The molecule has 0 aromatic heterocycles. The molecule has 0 rings (SSSR count). The first-order valence-corrected chi connectivity index (χ1v) is 9.14. The molecule has 0 saturated carbocycles. The molecule has 4 heteroatoms. The zero-order valence-electron chi connectivity index (χ0n) is 14.0. The van der Waals surface area contributed by atoms with Crippen molar-refractivity contribution >= 4 is 17.8 Å². The Morgan fingerprint density at radius 3 is 1.62 bits per heavy atom. The fourth-order valence-corrected chi connectivity index (χ4v) is 2.11. The number of hydrogen-bond acceptors (Lipinski definition) is 2. The molecule has 0 saturated heterocycles. The van der Waals surface area contributed by atoms with Gasteiger partial charge < -0.3 is 9.84 Å². The van der Waals surface area contributed by atoms with Crippen LogP contribution in [0.25, 0.3) is 0 Å². The third-order valence-corrected chi connectivity index (χ3v) is 3.48. The van der Waals surface area contributed by atoms with Crippen molar-refractivity contribution in [1.29, 1.82) is 0 Å². The molecule has 1 N–H and O–H groups in total. The molecular weight excluding hydrogens is 288 g/mol. The summed E-state index contributed by atoms with van der Waals surface area (Å²) in [6, 6.07) is 0. The van der Waals surface area contributed by atoms with Gasteiger partial charge in [-0.25, -0.2) is 4.79 Å². The SMILES string of the molecule is CCCCCCCCCCCOC(=O)O.CCCCCCl. The molecule has 0 aliphatic heterocycles. The van der Waals surface area contributed by atoms with Gasteiger partial charge in [0.05, 0.1) is 6.61 Å². The minimum absolute atomic E-state index is 0.352. The van der Waals surface area contributed by atoms with E-state index in [0.29, 0.717) is 6.61 Å². The van der Waals surface area contributed by atoms with Gasteiger partial charge in [0.1, 0.15) is 0 Å². The van der Waals surface area contributed by atoms with Crippen LogP contribution < -0.4 is 0 Å². The van der Waals surface area contributed by atoms with E-state index in [1.807, 2.05) is 0 Å². The lowest BCUT2D eigenvalue weighted by Gasteiger charge is -2.01. The van der Waals surface area contributed by atoms with Crippen molar-refractivity contribution in [1.82, 2.24) is 0 Å². The van der Waals surface area contributed by atoms with E-state index in [-0.39, 0.29) is 0 Å². The quantitative estimate of drug-likeness (QED) is 0.235. The summed E-state index contributed by atoms with van der Waals surface area (Å²) in [5.74, 6) is 0.827. The molecule has 0 aromatic rings. The molecule has 0 aliphatic carbocycles. The normalized spacial score (nSPS) is 9.86. The van der Waals surface area contributed by atoms with Crippen LogP contribution in [0, 0.1) is 0 Å². The van der Waals surface area contributed by atoms with E-state index in [4.69, 9.17) is 16.7 Å². The van der Waals surface area contributed by atoms with Crippen LogP contribution in [-0.2, 0) is 4.74 Å². The highest BCUT2D eigenvalue weighted by atomic mass is 35.5. The monoisotopic (exact) mass is 322 g/mol. The number of carbonyl (C=O) groups is 1. The minimum atomic E-state index is -1.16. The Balaban J connectivity index is 0. The summed E-state index contributed by atoms with van der Waals surface area (Å²) in [5, 5.41) is 8.21. The van der Waals surface area contributed by atoms with Gasteiger partial charge in [0, 0.05) is 5.88 Å². The number of carboxylic acid groups (broad SMARTS) is 1. The van der Waals surface area contributed by atoms with E-state index in [1.165, 1.54) is 64.2 Å². The fourth-order valence-electron chi connectivity index (χ4n) is 1.92. The summed E-state index contributed by atoms with van der Waals surface area (Å²) in [5.41, 5.74) is 0. The van der Waals surface area contributed by atoms with Gasteiger partial charge in [0.2, 0.25) is 0 Å². The zero-order chi connectivity index (χ0) is 16.2. The Bertz CT molecular complexity index is 194. The highest BCUT2D eigenvalue weighted by Gasteiger charge is 1.95. The Morgan fingerprint density at radius 2 is 1.24 bits per heavy atom. The average molecular weight is 323 g/mol. The van der Waals surface area contributed by atoms with Crippen molar-refractivity contribution in [3.8, 4) is 0 Å². The molecule has 3 nitrogen and oxygen atoms in total. The smallest absolute Gasteiger partial charge is 0.450 e. The summed E-state index contributed by atoms with van der Waals surface area (Å²) in [6.45, 7) is 4.75. The summed E-state index contributed by atoms with van der Waals surface area (Å²) >= 11 is 5.38. The second-order valence-corrected chi connectivity index (χ2v) is 5.72. The third-order valence-electron chi connectivity index (χ3n) is 3.21. The highest BCUT2D eigenvalue weighted by molar-refractivity contribution is 6.17. The van der Waals surface area contributed by atoms with E-state index in [2.05, 4.69) is 18.6 Å². The molecule has 0 radical (unpaired) electrons. The van der Waals surface area contributed by atoms with E-state index in [9.17, 15) is 4.79 Å². The topological polar surface area (TPSA) is 46.5 Å². The van der Waals surface area contributed by atoms with E-state index >= 15 is 0 Å². The second-order valence-electron chi connectivity index (χ2n) is 5.34. The lowest BCUT2D eigenvalue weighted by molar-refractivity contribution is 0.0899. The van der Waals surface area contributed by atoms with Gasteiger partial charge in [-0.3, -0.25) is 0 Å². The molecule has 0 heterocycles. The van der Waals surface area contributed by atoms with Crippen LogP contribution in [0.2, 0.25) is 0 Å². The van der Waals surface area contributed by atoms with E-state index in [0.717, 1.165) is 18.7 Å². The van der Waals surface area contributed by atoms with Crippen LogP contribution in [0.1, 0.15) is 90.9 Å². The Kier molecular flexibility index (Phi) is 23.8. The van der Waals surface area contributed by atoms with Crippen molar-refractivity contribution in [2.24, 2.45) is 0 Å². The van der Waals surface area contributed by atoms with Crippen LogP contribution in [0.5, 0.6) is 0 Å². The summed E-state index contributed by atoms with van der Waals surface area (Å²) in [6.07, 6.45) is 13.7. The number of hydrogen-bond donors (Lipinski definition) is 1. The molecular formula is C17H35ClO3. The first-order valence-electron chi connectivity index (χ1n) is 8.60. The minimum Gasteiger partial charge on any atom is -0.450 e. The molecule has 0 bridgehead atoms. The molecule has 21 heavy (non-hydrogen) atoms. The maximum Gasteiger partial charge on any atom is 0.505 e. The van der Waals surface area contributed by atoms with E-state index < -0.39 is 6.16 Å². The average Bonchev–Trinajstić information content (AvgIpc) is 2.47. The molecule has 0 aliphatic rings. The predicted octanol–water partition coefficient (Wildman–Crippen LogP) is 6.63. The number of ether oxygens (including phenoxy) is 1. The van der Waals surface area contributed by atoms with Crippen molar-refractivity contribution in [3.05, 3.63) is 0 Å². The van der Waals surface area contributed by atoms with Gasteiger partial charge >= 0.3 is 6.16 Å². The summed E-state index contributed by atoms with van der Waals surface area (Å²) in [4.78, 5) is 10.0. The van der Waals surface area contributed by atoms with Crippen LogP contribution in [0.15, 0.2) is 0 Å². The molecule has 0 amide bonds. The number of unbranched alkanes of at least 4 members (excludes halogenated alkanes) is 10. The summed E-state index contributed by atoms with van der Waals surface area (Å²) in [7, 11) is 0. The first kappa shape index (κ1) is 22.8. The fraction of sp³-hybridized carbons (Fsp3) is 0.941. The Hall–Kier alpha value is -0.440.